The highest BCUT2D eigenvalue weighted by molar-refractivity contribution is 5.81. The molecule has 110 valence electrons. The molecular formula is C15H28N2O2. The minimum atomic E-state index is -0.445. The summed E-state index contributed by atoms with van der Waals surface area (Å²) in [4.78, 5) is 14.7. The fourth-order valence-corrected chi connectivity index (χ4v) is 4.10. The maximum Gasteiger partial charge on any atom is 0.326 e. The summed E-state index contributed by atoms with van der Waals surface area (Å²) in [6.07, 6.45) is 4.17. The van der Waals surface area contributed by atoms with Crippen LogP contribution in [0.2, 0.25) is 0 Å². The van der Waals surface area contributed by atoms with Gasteiger partial charge in [-0.25, -0.2) is 0 Å². The first-order chi connectivity index (χ1) is 9.02. The van der Waals surface area contributed by atoms with Gasteiger partial charge in [0.25, 0.3) is 0 Å². The lowest BCUT2D eigenvalue weighted by Gasteiger charge is -2.31. The smallest absolute Gasteiger partial charge is 0.326 e. The summed E-state index contributed by atoms with van der Waals surface area (Å²) in [6.45, 7) is 8.68. The number of rotatable bonds is 4. The Labute approximate surface area is 116 Å². The maximum absolute atomic E-state index is 12.1. The van der Waals surface area contributed by atoms with Gasteiger partial charge in [-0.3, -0.25) is 9.69 Å². The number of hydrogen-bond acceptors (Lipinski definition) is 4. The summed E-state index contributed by atoms with van der Waals surface area (Å²) in [6, 6.07) is 1.17. The van der Waals surface area contributed by atoms with E-state index in [4.69, 9.17) is 4.74 Å². The van der Waals surface area contributed by atoms with Gasteiger partial charge in [0.1, 0.15) is 5.54 Å². The van der Waals surface area contributed by atoms with Gasteiger partial charge in [0.15, 0.2) is 0 Å². The molecule has 4 nitrogen and oxygen atoms in total. The fourth-order valence-electron chi connectivity index (χ4n) is 4.10. The zero-order valence-corrected chi connectivity index (χ0v) is 12.7. The Balaban J connectivity index is 2.06. The van der Waals surface area contributed by atoms with Crippen LogP contribution in [-0.4, -0.2) is 48.7 Å². The van der Waals surface area contributed by atoms with E-state index in [2.05, 4.69) is 31.0 Å². The largest absolute Gasteiger partial charge is 0.468 e. The van der Waals surface area contributed by atoms with E-state index in [-0.39, 0.29) is 5.97 Å². The summed E-state index contributed by atoms with van der Waals surface area (Å²) in [5.74, 6) is 0.694. The first-order valence-corrected chi connectivity index (χ1v) is 7.61. The van der Waals surface area contributed by atoms with E-state index in [1.54, 1.807) is 0 Å². The van der Waals surface area contributed by atoms with E-state index < -0.39 is 5.54 Å². The SMILES string of the molecule is CCNC1(C(=O)OC)CCC(N2CC(C)CC2C)C1. The molecule has 2 aliphatic rings. The molecule has 4 unspecified atom stereocenters. The molecule has 1 aliphatic carbocycles. The van der Waals surface area contributed by atoms with Crippen molar-refractivity contribution in [2.24, 2.45) is 5.92 Å². The van der Waals surface area contributed by atoms with Gasteiger partial charge in [-0.05, 0) is 45.1 Å². The number of methoxy groups -OCH3 is 1. The molecule has 0 radical (unpaired) electrons. The monoisotopic (exact) mass is 268 g/mol. The Morgan fingerprint density at radius 2 is 2.21 bits per heavy atom. The van der Waals surface area contributed by atoms with Crippen molar-refractivity contribution >= 4 is 5.97 Å². The van der Waals surface area contributed by atoms with Crippen molar-refractivity contribution < 1.29 is 9.53 Å². The summed E-state index contributed by atoms with van der Waals surface area (Å²) in [5.41, 5.74) is -0.445. The van der Waals surface area contributed by atoms with Gasteiger partial charge in [0, 0.05) is 18.6 Å². The maximum atomic E-state index is 12.1. The highest BCUT2D eigenvalue weighted by Crippen LogP contribution is 2.38. The number of nitrogens with one attached hydrogen (secondary N) is 1. The Morgan fingerprint density at radius 3 is 2.74 bits per heavy atom. The summed E-state index contributed by atoms with van der Waals surface area (Å²) >= 11 is 0. The third kappa shape index (κ3) is 2.79. The minimum Gasteiger partial charge on any atom is -0.468 e. The number of nitrogens with zero attached hydrogens (tertiary/aromatic N) is 1. The Kier molecular flexibility index (Phi) is 4.51. The lowest BCUT2D eigenvalue weighted by molar-refractivity contribution is -0.148. The second-order valence-electron chi connectivity index (χ2n) is 6.39. The molecule has 4 heteroatoms. The normalized spacial score (nSPS) is 39.7. The van der Waals surface area contributed by atoms with Gasteiger partial charge >= 0.3 is 5.97 Å². The number of carbonyl (C=O) groups excluding carboxylic acids is 1. The molecule has 0 bridgehead atoms. The molecule has 4 atom stereocenters. The van der Waals surface area contributed by atoms with Crippen LogP contribution in [0.25, 0.3) is 0 Å². The number of carbonyl (C=O) groups is 1. The van der Waals surface area contributed by atoms with Crippen LogP contribution in [0, 0.1) is 5.92 Å². The third-order valence-corrected chi connectivity index (χ3v) is 4.88. The number of ether oxygens (including phenoxy) is 1. The van der Waals surface area contributed by atoms with E-state index in [9.17, 15) is 4.79 Å². The van der Waals surface area contributed by atoms with E-state index in [0.717, 1.165) is 31.7 Å². The molecule has 0 aromatic rings. The van der Waals surface area contributed by atoms with Crippen LogP contribution < -0.4 is 5.32 Å². The third-order valence-electron chi connectivity index (χ3n) is 4.88. The topological polar surface area (TPSA) is 41.6 Å². The number of esters is 1. The lowest BCUT2D eigenvalue weighted by Crippen LogP contribution is -2.52. The van der Waals surface area contributed by atoms with Crippen molar-refractivity contribution in [1.82, 2.24) is 10.2 Å². The molecule has 1 aliphatic heterocycles. The van der Waals surface area contributed by atoms with Gasteiger partial charge in [0.2, 0.25) is 0 Å². The quantitative estimate of drug-likeness (QED) is 0.789. The van der Waals surface area contributed by atoms with Crippen molar-refractivity contribution in [3.8, 4) is 0 Å². The second-order valence-corrected chi connectivity index (χ2v) is 6.39. The zero-order valence-electron chi connectivity index (χ0n) is 12.7. The molecule has 1 saturated heterocycles. The minimum absolute atomic E-state index is 0.0863. The number of hydrogen-bond donors (Lipinski definition) is 1. The van der Waals surface area contributed by atoms with Crippen LogP contribution in [0.1, 0.15) is 46.5 Å². The highest BCUT2D eigenvalue weighted by Gasteiger charge is 2.48. The van der Waals surface area contributed by atoms with Gasteiger partial charge in [0.05, 0.1) is 7.11 Å². The summed E-state index contributed by atoms with van der Waals surface area (Å²) in [7, 11) is 1.50. The molecule has 2 fully saturated rings. The molecule has 1 N–H and O–H groups in total. The zero-order chi connectivity index (χ0) is 14.0. The molecular weight excluding hydrogens is 240 g/mol. The van der Waals surface area contributed by atoms with E-state index in [1.165, 1.54) is 20.1 Å². The first kappa shape index (κ1) is 14.8. The van der Waals surface area contributed by atoms with E-state index >= 15 is 0 Å². The molecule has 2 rings (SSSR count). The van der Waals surface area contributed by atoms with E-state index in [0.29, 0.717) is 12.1 Å². The molecule has 0 aromatic carbocycles. The van der Waals surface area contributed by atoms with Gasteiger partial charge in [-0.2, -0.15) is 0 Å². The van der Waals surface area contributed by atoms with Crippen LogP contribution in [-0.2, 0) is 9.53 Å². The lowest BCUT2D eigenvalue weighted by atomic mass is 9.97. The van der Waals surface area contributed by atoms with Crippen molar-refractivity contribution in [1.29, 1.82) is 0 Å². The number of likely N-dealkylation sites (tertiary alicyclic amines) is 1. The fraction of sp³-hybridized carbons (Fsp3) is 0.933. The summed E-state index contributed by atoms with van der Waals surface area (Å²) in [5, 5.41) is 3.39. The van der Waals surface area contributed by atoms with Crippen LogP contribution >= 0.6 is 0 Å². The average molecular weight is 268 g/mol. The molecule has 0 aromatic heterocycles. The predicted molar refractivity (Wildman–Crippen MR) is 76.0 cm³/mol. The molecule has 0 amide bonds. The Hall–Kier alpha value is -0.610. The molecule has 1 heterocycles. The average Bonchev–Trinajstić information content (AvgIpc) is 2.93. The van der Waals surface area contributed by atoms with E-state index in [1.807, 2.05) is 0 Å². The van der Waals surface area contributed by atoms with Gasteiger partial charge < -0.3 is 10.1 Å². The second kappa shape index (κ2) is 5.80. The van der Waals surface area contributed by atoms with Gasteiger partial charge in [-0.1, -0.05) is 13.8 Å². The van der Waals surface area contributed by atoms with Crippen molar-refractivity contribution in [3.63, 3.8) is 0 Å². The van der Waals surface area contributed by atoms with Crippen molar-refractivity contribution in [3.05, 3.63) is 0 Å². The Morgan fingerprint density at radius 1 is 1.47 bits per heavy atom. The first-order valence-electron chi connectivity index (χ1n) is 7.61. The molecule has 1 saturated carbocycles. The van der Waals surface area contributed by atoms with Crippen molar-refractivity contribution in [2.45, 2.75) is 64.1 Å². The predicted octanol–water partition coefficient (Wildman–Crippen LogP) is 1.79. The number of likely N-dealkylation sites (N-methyl/N-ethyl adjacent to an activating group) is 1. The highest BCUT2D eigenvalue weighted by atomic mass is 16.5. The van der Waals surface area contributed by atoms with Crippen LogP contribution in [0.3, 0.4) is 0 Å². The molecule has 19 heavy (non-hydrogen) atoms. The van der Waals surface area contributed by atoms with Crippen LogP contribution in [0.15, 0.2) is 0 Å². The molecule has 0 spiro atoms. The van der Waals surface area contributed by atoms with Gasteiger partial charge in [-0.15, -0.1) is 0 Å². The standard InChI is InChI=1S/C15H28N2O2/c1-5-16-15(14(18)19-4)7-6-13(9-15)17-10-11(2)8-12(17)3/h11-13,16H,5-10H2,1-4H3. The van der Waals surface area contributed by atoms with Crippen molar-refractivity contribution in [2.75, 3.05) is 20.2 Å². The van der Waals surface area contributed by atoms with Crippen LogP contribution in [0.5, 0.6) is 0 Å². The Bertz CT molecular complexity index is 334. The summed E-state index contributed by atoms with van der Waals surface area (Å²) < 4.78 is 5.03. The van der Waals surface area contributed by atoms with Crippen LogP contribution in [0.4, 0.5) is 0 Å².